The minimum atomic E-state index is -0.436. The lowest BCUT2D eigenvalue weighted by atomic mass is 10.00. The molecule has 150 valence electrons. The molecule has 2 aromatic rings. The highest BCUT2D eigenvalue weighted by Crippen LogP contribution is 2.41. The molecule has 1 aromatic heterocycles. The Kier molecular flexibility index (Phi) is 5.78. The lowest BCUT2D eigenvalue weighted by Gasteiger charge is -2.31. The summed E-state index contributed by atoms with van der Waals surface area (Å²) in [6.07, 6.45) is 4.59. The molecule has 1 saturated carbocycles. The standard InChI is InChI=1S/C19H23ClFN5OS/c1-12-6-8-25(9-7-12)18-23-24-19(26(18)14-3-4-14)28-11-17(27)22-16-5-2-13(21)10-15(16)20/h2,5,10,12,14H,3-4,6-9,11H2,1H3,(H,22,27). The van der Waals surface area contributed by atoms with Crippen molar-refractivity contribution in [2.24, 2.45) is 5.92 Å². The Morgan fingerprint density at radius 1 is 1.29 bits per heavy atom. The van der Waals surface area contributed by atoms with E-state index in [1.54, 1.807) is 0 Å². The predicted octanol–water partition coefficient (Wildman–Crippen LogP) is 4.37. The van der Waals surface area contributed by atoms with E-state index in [-0.39, 0.29) is 16.7 Å². The van der Waals surface area contributed by atoms with E-state index in [1.807, 2.05) is 0 Å². The van der Waals surface area contributed by atoms with Crippen molar-refractivity contribution in [3.05, 3.63) is 29.0 Å². The molecule has 2 fully saturated rings. The summed E-state index contributed by atoms with van der Waals surface area (Å²) >= 11 is 7.34. The largest absolute Gasteiger partial charge is 0.341 e. The van der Waals surface area contributed by atoms with Crippen molar-refractivity contribution in [2.45, 2.75) is 43.8 Å². The molecule has 0 radical (unpaired) electrons. The smallest absolute Gasteiger partial charge is 0.234 e. The molecule has 2 aliphatic rings. The van der Waals surface area contributed by atoms with Crippen molar-refractivity contribution in [3.63, 3.8) is 0 Å². The van der Waals surface area contributed by atoms with Crippen LogP contribution in [0.1, 0.15) is 38.6 Å². The zero-order valence-electron chi connectivity index (χ0n) is 15.7. The highest BCUT2D eigenvalue weighted by atomic mass is 35.5. The molecule has 1 amide bonds. The second-order valence-electron chi connectivity index (χ2n) is 7.51. The quantitative estimate of drug-likeness (QED) is 0.699. The maximum Gasteiger partial charge on any atom is 0.234 e. The van der Waals surface area contributed by atoms with Crippen LogP contribution in [0.2, 0.25) is 5.02 Å². The lowest BCUT2D eigenvalue weighted by Crippen LogP contribution is -2.34. The Bertz CT molecular complexity index is 864. The fourth-order valence-electron chi connectivity index (χ4n) is 3.35. The highest BCUT2D eigenvalue weighted by molar-refractivity contribution is 7.99. The van der Waals surface area contributed by atoms with Crippen molar-refractivity contribution in [2.75, 3.05) is 29.1 Å². The van der Waals surface area contributed by atoms with Crippen LogP contribution in [0.15, 0.2) is 23.4 Å². The number of carbonyl (C=O) groups is 1. The topological polar surface area (TPSA) is 63.1 Å². The second kappa shape index (κ2) is 8.29. The molecule has 0 unspecified atom stereocenters. The van der Waals surface area contributed by atoms with Gasteiger partial charge in [-0.05, 0) is 49.8 Å². The molecule has 0 spiro atoms. The van der Waals surface area contributed by atoms with Crippen molar-refractivity contribution in [1.29, 1.82) is 0 Å². The van der Waals surface area contributed by atoms with Gasteiger partial charge in [-0.25, -0.2) is 4.39 Å². The van der Waals surface area contributed by atoms with Crippen LogP contribution in [0.3, 0.4) is 0 Å². The maximum atomic E-state index is 13.1. The minimum absolute atomic E-state index is 0.182. The maximum absolute atomic E-state index is 13.1. The van der Waals surface area contributed by atoms with Gasteiger partial charge >= 0.3 is 0 Å². The zero-order valence-corrected chi connectivity index (χ0v) is 17.3. The first-order valence-corrected chi connectivity index (χ1v) is 10.9. The molecular formula is C19H23ClFN5OS. The van der Waals surface area contributed by atoms with Gasteiger partial charge in [-0.3, -0.25) is 9.36 Å². The Labute approximate surface area is 172 Å². The molecule has 9 heteroatoms. The van der Waals surface area contributed by atoms with Crippen molar-refractivity contribution < 1.29 is 9.18 Å². The Hall–Kier alpha value is -1.80. The first-order chi connectivity index (χ1) is 13.5. The first-order valence-electron chi connectivity index (χ1n) is 9.59. The van der Waals surface area contributed by atoms with Crippen molar-refractivity contribution in [3.8, 4) is 0 Å². The molecule has 0 bridgehead atoms. The van der Waals surface area contributed by atoms with Crippen LogP contribution in [0.5, 0.6) is 0 Å². The summed E-state index contributed by atoms with van der Waals surface area (Å²) in [6, 6.07) is 4.34. The van der Waals surface area contributed by atoms with Gasteiger partial charge < -0.3 is 10.2 Å². The van der Waals surface area contributed by atoms with E-state index in [1.165, 1.54) is 42.8 Å². The summed E-state index contributed by atoms with van der Waals surface area (Å²) in [4.78, 5) is 14.6. The summed E-state index contributed by atoms with van der Waals surface area (Å²) in [5, 5.41) is 12.5. The van der Waals surface area contributed by atoms with E-state index in [4.69, 9.17) is 11.6 Å². The summed E-state index contributed by atoms with van der Waals surface area (Å²) < 4.78 is 15.3. The normalized spacial score (nSPS) is 17.8. The molecular weight excluding hydrogens is 401 g/mol. The van der Waals surface area contributed by atoms with Gasteiger partial charge in [0.2, 0.25) is 11.9 Å². The number of nitrogens with one attached hydrogen (secondary N) is 1. The number of hydrogen-bond donors (Lipinski definition) is 1. The third-order valence-electron chi connectivity index (χ3n) is 5.16. The van der Waals surface area contributed by atoms with Crippen LogP contribution in [-0.2, 0) is 4.79 Å². The average molecular weight is 424 g/mol. The number of benzene rings is 1. The van der Waals surface area contributed by atoms with E-state index < -0.39 is 5.82 Å². The number of halogens is 2. The van der Waals surface area contributed by atoms with Crippen LogP contribution in [0.25, 0.3) is 0 Å². The Balaban J connectivity index is 1.41. The monoisotopic (exact) mass is 423 g/mol. The van der Waals surface area contributed by atoms with E-state index in [0.717, 1.165) is 43.0 Å². The molecule has 1 saturated heterocycles. The van der Waals surface area contributed by atoms with Crippen molar-refractivity contribution >= 4 is 40.9 Å². The van der Waals surface area contributed by atoms with Crippen molar-refractivity contribution in [1.82, 2.24) is 14.8 Å². The van der Waals surface area contributed by atoms with Crippen LogP contribution < -0.4 is 10.2 Å². The van der Waals surface area contributed by atoms with E-state index in [2.05, 4.69) is 31.9 Å². The number of piperidine rings is 1. The predicted molar refractivity (Wildman–Crippen MR) is 110 cm³/mol. The van der Waals surface area contributed by atoms with Gasteiger partial charge in [-0.2, -0.15) is 0 Å². The van der Waals surface area contributed by atoms with Crippen LogP contribution in [0, 0.1) is 11.7 Å². The van der Waals surface area contributed by atoms with Gasteiger partial charge in [0.25, 0.3) is 0 Å². The SMILES string of the molecule is CC1CCN(c2nnc(SCC(=O)Nc3ccc(F)cc3Cl)n2C2CC2)CC1. The minimum Gasteiger partial charge on any atom is -0.341 e. The van der Waals surface area contributed by atoms with Gasteiger partial charge in [-0.15, -0.1) is 10.2 Å². The molecule has 28 heavy (non-hydrogen) atoms. The number of thioether (sulfide) groups is 1. The summed E-state index contributed by atoms with van der Waals surface area (Å²) in [5.41, 5.74) is 0.403. The molecule has 1 aromatic carbocycles. The van der Waals surface area contributed by atoms with Gasteiger partial charge in [0.15, 0.2) is 5.16 Å². The number of amides is 1. The average Bonchev–Trinajstić information content (AvgIpc) is 3.42. The summed E-state index contributed by atoms with van der Waals surface area (Å²) in [7, 11) is 0. The van der Waals surface area contributed by atoms with Gasteiger partial charge in [0, 0.05) is 19.1 Å². The van der Waals surface area contributed by atoms with Crippen LogP contribution in [0.4, 0.5) is 16.0 Å². The second-order valence-corrected chi connectivity index (χ2v) is 8.86. The van der Waals surface area contributed by atoms with Gasteiger partial charge in [-0.1, -0.05) is 30.3 Å². The first kappa shape index (κ1) is 19.5. The fraction of sp³-hybridized carbons (Fsp3) is 0.526. The van der Waals surface area contributed by atoms with Crippen LogP contribution in [-0.4, -0.2) is 39.5 Å². The number of aromatic nitrogens is 3. The molecule has 1 aliphatic carbocycles. The number of rotatable bonds is 6. The van der Waals surface area contributed by atoms with E-state index in [0.29, 0.717) is 11.7 Å². The summed E-state index contributed by atoms with van der Waals surface area (Å²) in [5.74, 6) is 1.23. The molecule has 1 N–H and O–H groups in total. The molecule has 1 aliphatic heterocycles. The fourth-order valence-corrected chi connectivity index (χ4v) is 4.37. The Morgan fingerprint density at radius 3 is 2.71 bits per heavy atom. The number of anilines is 2. The van der Waals surface area contributed by atoms with Crippen LogP contribution >= 0.6 is 23.4 Å². The highest BCUT2D eigenvalue weighted by Gasteiger charge is 2.32. The molecule has 4 rings (SSSR count). The summed E-state index contributed by atoms with van der Waals surface area (Å²) in [6.45, 7) is 4.29. The number of nitrogens with zero attached hydrogens (tertiary/aromatic N) is 4. The third-order valence-corrected chi connectivity index (χ3v) is 6.42. The number of hydrogen-bond acceptors (Lipinski definition) is 5. The molecule has 2 heterocycles. The number of carbonyl (C=O) groups excluding carboxylic acids is 1. The Morgan fingerprint density at radius 2 is 2.04 bits per heavy atom. The zero-order chi connectivity index (χ0) is 19.7. The van der Waals surface area contributed by atoms with E-state index >= 15 is 0 Å². The van der Waals surface area contributed by atoms with E-state index in [9.17, 15) is 9.18 Å². The van der Waals surface area contributed by atoms with Gasteiger partial charge in [0.05, 0.1) is 16.5 Å². The molecule has 0 atom stereocenters. The lowest BCUT2D eigenvalue weighted by molar-refractivity contribution is -0.113. The van der Waals surface area contributed by atoms with Gasteiger partial charge in [0.1, 0.15) is 5.82 Å². The molecule has 6 nitrogen and oxygen atoms in total. The third kappa shape index (κ3) is 4.43.